The predicted molar refractivity (Wildman–Crippen MR) is 92.2 cm³/mol. The number of hydrogen-bond acceptors (Lipinski definition) is 4. The highest BCUT2D eigenvalue weighted by Gasteiger charge is 2.23. The molecule has 0 aromatic heterocycles. The summed E-state index contributed by atoms with van der Waals surface area (Å²) in [6.45, 7) is 5.58. The largest absolute Gasteiger partial charge is 0.496 e. The van der Waals surface area contributed by atoms with E-state index in [-0.39, 0.29) is 12.1 Å². The fraction of sp³-hybridized carbons (Fsp3) is 0.611. The molecule has 0 spiro atoms. The quantitative estimate of drug-likeness (QED) is 0.891. The number of piperazine rings is 1. The van der Waals surface area contributed by atoms with Crippen LogP contribution in [-0.4, -0.2) is 68.4 Å². The average molecular weight is 333 g/mol. The number of carbonyl (C=O) groups is 1. The molecule has 1 aromatic rings. The molecule has 1 aromatic carbocycles. The molecule has 2 fully saturated rings. The van der Waals surface area contributed by atoms with Crippen LogP contribution in [0.5, 0.6) is 5.75 Å². The molecule has 2 aliphatic rings. The summed E-state index contributed by atoms with van der Waals surface area (Å²) in [5.74, 6) is 0.925. The summed E-state index contributed by atoms with van der Waals surface area (Å²) in [7, 11) is 1.70. The van der Waals surface area contributed by atoms with Gasteiger partial charge in [-0.15, -0.1) is 0 Å². The van der Waals surface area contributed by atoms with E-state index < -0.39 is 0 Å². The number of rotatable bonds is 5. The van der Waals surface area contributed by atoms with E-state index in [0.29, 0.717) is 6.54 Å². The van der Waals surface area contributed by atoms with E-state index in [2.05, 4.69) is 16.3 Å². The third-order valence-corrected chi connectivity index (χ3v) is 4.75. The number of hydrogen-bond donors (Lipinski definition) is 1. The van der Waals surface area contributed by atoms with Crippen LogP contribution in [0, 0.1) is 0 Å². The van der Waals surface area contributed by atoms with Crippen LogP contribution in [0.25, 0.3) is 0 Å². The van der Waals surface area contributed by atoms with Crippen molar-refractivity contribution in [2.75, 3.05) is 46.4 Å². The molecule has 0 radical (unpaired) electrons. The van der Waals surface area contributed by atoms with Gasteiger partial charge in [0.15, 0.2) is 0 Å². The average Bonchev–Trinajstić information content (AvgIpc) is 3.14. The number of carbonyl (C=O) groups excluding carboxylic acids is 1. The van der Waals surface area contributed by atoms with Gasteiger partial charge in [0.1, 0.15) is 5.75 Å². The number of para-hydroxylation sites is 1. The van der Waals surface area contributed by atoms with E-state index in [4.69, 9.17) is 9.47 Å². The molecule has 2 amide bonds. The van der Waals surface area contributed by atoms with Gasteiger partial charge in [-0.2, -0.15) is 0 Å². The Labute approximate surface area is 143 Å². The maximum atomic E-state index is 12.2. The molecule has 0 bridgehead atoms. The fourth-order valence-electron chi connectivity index (χ4n) is 3.30. The maximum absolute atomic E-state index is 12.2. The smallest absolute Gasteiger partial charge is 0.317 e. The van der Waals surface area contributed by atoms with Crippen molar-refractivity contribution in [3.05, 3.63) is 29.8 Å². The van der Waals surface area contributed by atoms with Crippen LogP contribution in [0.2, 0.25) is 0 Å². The van der Waals surface area contributed by atoms with E-state index >= 15 is 0 Å². The fourth-order valence-corrected chi connectivity index (χ4v) is 3.30. The summed E-state index contributed by atoms with van der Waals surface area (Å²) in [5, 5.41) is 3.00. The molecule has 6 nitrogen and oxygen atoms in total. The minimum Gasteiger partial charge on any atom is -0.496 e. The Bertz CT molecular complexity index is 538. The Balaban J connectivity index is 1.42. The molecule has 3 rings (SSSR count). The summed E-state index contributed by atoms with van der Waals surface area (Å²) in [6, 6.07) is 8.14. The van der Waals surface area contributed by atoms with Gasteiger partial charge in [-0.3, -0.25) is 4.90 Å². The lowest BCUT2D eigenvalue weighted by molar-refractivity contribution is 0.104. The van der Waals surface area contributed by atoms with Gasteiger partial charge in [-0.05, 0) is 18.9 Å². The monoisotopic (exact) mass is 333 g/mol. The van der Waals surface area contributed by atoms with Gasteiger partial charge < -0.3 is 19.7 Å². The van der Waals surface area contributed by atoms with Gasteiger partial charge in [0.05, 0.1) is 13.2 Å². The van der Waals surface area contributed by atoms with Crippen LogP contribution in [-0.2, 0) is 11.3 Å². The van der Waals surface area contributed by atoms with E-state index in [9.17, 15) is 4.79 Å². The molecule has 24 heavy (non-hydrogen) atoms. The molecule has 6 heteroatoms. The third-order valence-electron chi connectivity index (χ3n) is 4.75. The molecule has 1 N–H and O–H groups in total. The van der Waals surface area contributed by atoms with Crippen molar-refractivity contribution >= 4 is 6.03 Å². The second-order valence-electron chi connectivity index (χ2n) is 6.40. The minimum atomic E-state index is 0.0300. The Hall–Kier alpha value is -1.79. The number of amides is 2. The maximum Gasteiger partial charge on any atom is 0.317 e. The number of nitrogens with zero attached hydrogens (tertiary/aromatic N) is 2. The molecule has 2 saturated heterocycles. The Kier molecular flexibility index (Phi) is 5.93. The molecule has 2 aliphatic heterocycles. The van der Waals surface area contributed by atoms with Crippen LogP contribution in [0.3, 0.4) is 0 Å². The lowest BCUT2D eigenvalue weighted by Gasteiger charge is -2.35. The first kappa shape index (κ1) is 17.0. The first-order chi connectivity index (χ1) is 11.8. The van der Waals surface area contributed by atoms with Crippen LogP contribution in [0.15, 0.2) is 24.3 Å². The Morgan fingerprint density at radius 3 is 2.79 bits per heavy atom. The zero-order chi connectivity index (χ0) is 16.8. The standard InChI is InChI=1S/C18H27N3O3/c1-23-17-7-3-2-5-15(17)14-20-8-10-21(11-9-20)18(22)19-13-16-6-4-12-24-16/h2-3,5,7,16H,4,6,8-14H2,1H3,(H,19,22)/t16-/m1/s1. The first-order valence-electron chi connectivity index (χ1n) is 8.75. The SMILES string of the molecule is COc1ccccc1CN1CCN(C(=O)NC[C@H]2CCCO2)CC1. The number of benzene rings is 1. The second kappa shape index (κ2) is 8.35. The summed E-state index contributed by atoms with van der Waals surface area (Å²) in [6.07, 6.45) is 2.34. The number of nitrogens with one attached hydrogen (secondary N) is 1. The highest BCUT2D eigenvalue weighted by Crippen LogP contribution is 2.20. The van der Waals surface area contributed by atoms with Crippen molar-refractivity contribution in [3.63, 3.8) is 0 Å². The van der Waals surface area contributed by atoms with E-state index in [1.807, 2.05) is 23.1 Å². The van der Waals surface area contributed by atoms with Crippen LogP contribution < -0.4 is 10.1 Å². The van der Waals surface area contributed by atoms with E-state index in [0.717, 1.165) is 57.9 Å². The van der Waals surface area contributed by atoms with Crippen LogP contribution in [0.1, 0.15) is 18.4 Å². The van der Waals surface area contributed by atoms with Gasteiger partial charge in [0.2, 0.25) is 0 Å². The van der Waals surface area contributed by atoms with Crippen molar-refractivity contribution in [1.82, 2.24) is 15.1 Å². The lowest BCUT2D eigenvalue weighted by atomic mass is 10.1. The number of methoxy groups -OCH3 is 1. The molecule has 132 valence electrons. The van der Waals surface area contributed by atoms with Gasteiger partial charge in [0, 0.05) is 51.4 Å². The van der Waals surface area contributed by atoms with Crippen LogP contribution in [0.4, 0.5) is 4.79 Å². The third kappa shape index (κ3) is 4.39. The Morgan fingerprint density at radius 2 is 2.08 bits per heavy atom. The van der Waals surface area contributed by atoms with E-state index in [1.165, 1.54) is 5.56 Å². The number of ether oxygens (including phenoxy) is 2. The van der Waals surface area contributed by atoms with Crippen molar-refractivity contribution < 1.29 is 14.3 Å². The topological polar surface area (TPSA) is 54.0 Å². The highest BCUT2D eigenvalue weighted by molar-refractivity contribution is 5.74. The normalized spacial score (nSPS) is 21.7. The molecule has 1 atom stereocenters. The van der Waals surface area contributed by atoms with Crippen molar-refractivity contribution in [1.29, 1.82) is 0 Å². The van der Waals surface area contributed by atoms with Gasteiger partial charge in [0.25, 0.3) is 0 Å². The summed E-state index contributed by atoms with van der Waals surface area (Å²) in [4.78, 5) is 16.5. The summed E-state index contributed by atoms with van der Waals surface area (Å²) < 4.78 is 11.0. The highest BCUT2D eigenvalue weighted by atomic mass is 16.5. The molecular weight excluding hydrogens is 306 g/mol. The van der Waals surface area contributed by atoms with Crippen molar-refractivity contribution in [2.45, 2.75) is 25.5 Å². The minimum absolute atomic E-state index is 0.0300. The lowest BCUT2D eigenvalue weighted by Crippen LogP contribution is -2.52. The van der Waals surface area contributed by atoms with Gasteiger partial charge in [-0.1, -0.05) is 18.2 Å². The van der Waals surface area contributed by atoms with E-state index in [1.54, 1.807) is 7.11 Å². The predicted octanol–water partition coefficient (Wildman–Crippen LogP) is 1.70. The molecule has 0 unspecified atom stereocenters. The Morgan fingerprint density at radius 1 is 1.29 bits per heavy atom. The van der Waals surface area contributed by atoms with Gasteiger partial charge >= 0.3 is 6.03 Å². The van der Waals surface area contributed by atoms with Gasteiger partial charge in [-0.25, -0.2) is 4.79 Å². The van der Waals surface area contributed by atoms with Crippen molar-refractivity contribution in [2.24, 2.45) is 0 Å². The molecular formula is C18H27N3O3. The van der Waals surface area contributed by atoms with Crippen LogP contribution >= 0.6 is 0 Å². The zero-order valence-electron chi connectivity index (χ0n) is 14.4. The second-order valence-corrected chi connectivity index (χ2v) is 6.40. The van der Waals surface area contributed by atoms with Crippen molar-refractivity contribution in [3.8, 4) is 5.75 Å². The zero-order valence-corrected chi connectivity index (χ0v) is 14.4. The summed E-state index contributed by atoms with van der Waals surface area (Å²) >= 11 is 0. The molecule has 0 saturated carbocycles. The molecule has 0 aliphatic carbocycles. The molecule has 2 heterocycles. The first-order valence-corrected chi connectivity index (χ1v) is 8.75. The number of urea groups is 1. The summed E-state index contributed by atoms with van der Waals surface area (Å²) in [5.41, 5.74) is 1.19.